The molecule has 1 atom stereocenters. The molecule has 0 saturated carbocycles. The first-order chi connectivity index (χ1) is 9.15. The predicted molar refractivity (Wildman–Crippen MR) is 82.5 cm³/mol. The van der Waals surface area contributed by atoms with Crippen molar-refractivity contribution in [2.75, 3.05) is 11.5 Å². The maximum atomic E-state index is 11.7. The summed E-state index contributed by atoms with van der Waals surface area (Å²) in [5, 5.41) is 0. The quantitative estimate of drug-likeness (QED) is 0.927. The molecule has 1 heterocycles. The Morgan fingerprint density at radius 1 is 1.45 bits per heavy atom. The third-order valence-electron chi connectivity index (χ3n) is 4.33. The van der Waals surface area contributed by atoms with Crippen LogP contribution in [-0.2, 0) is 22.8 Å². The number of nitrogens with two attached hydrogens (primary N) is 1. The fraction of sp³-hybridized carbons (Fsp3) is 0.733. The van der Waals surface area contributed by atoms with Crippen LogP contribution in [0.2, 0.25) is 0 Å². The third kappa shape index (κ3) is 3.09. The summed E-state index contributed by atoms with van der Waals surface area (Å²) in [7, 11) is -2.93. The highest BCUT2D eigenvalue weighted by atomic mass is 32.2. The normalized spacial score (nSPS) is 21.8. The Labute approximate surface area is 122 Å². The van der Waals surface area contributed by atoms with Crippen molar-refractivity contribution in [1.29, 1.82) is 0 Å². The molecule has 1 aromatic heterocycles. The summed E-state index contributed by atoms with van der Waals surface area (Å²) >= 11 is 0. The Kier molecular flexibility index (Phi) is 4.04. The number of rotatable bonds is 4. The van der Waals surface area contributed by atoms with Crippen molar-refractivity contribution in [2.45, 2.75) is 53.1 Å². The fourth-order valence-corrected chi connectivity index (χ4v) is 3.94. The van der Waals surface area contributed by atoms with Gasteiger partial charge < -0.3 is 10.3 Å². The first kappa shape index (κ1) is 15.6. The van der Waals surface area contributed by atoms with Gasteiger partial charge in [-0.25, -0.2) is 8.42 Å². The van der Waals surface area contributed by atoms with E-state index in [1.54, 1.807) is 6.92 Å². The number of aryl methyl sites for hydroxylation is 1. The van der Waals surface area contributed by atoms with Crippen LogP contribution in [0.25, 0.3) is 0 Å². The molecule has 4 nitrogen and oxygen atoms in total. The van der Waals surface area contributed by atoms with Crippen molar-refractivity contribution in [3.8, 4) is 0 Å². The van der Waals surface area contributed by atoms with Gasteiger partial charge >= 0.3 is 0 Å². The molecule has 5 heteroatoms. The van der Waals surface area contributed by atoms with Gasteiger partial charge in [0, 0.05) is 29.7 Å². The van der Waals surface area contributed by atoms with Crippen molar-refractivity contribution in [1.82, 2.24) is 4.57 Å². The van der Waals surface area contributed by atoms with Crippen molar-refractivity contribution in [2.24, 2.45) is 11.1 Å². The number of fused-ring (bicyclic) bond motifs is 1. The molecule has 0 bridgehead atoms. The standard InChI is InChI=1S/C15H26N2O2S/c1-5-20(18,19)7-6-17-11(2)8-12-13(16)9-15(3,4)10-14(12)17/h8,13H,5-7,9-10,16H2,1-4H3. The molecular weight excluding hydrogens is 272 g/mol. The van der Waals surface area contributed by atoms with Crippen molar-refractivity contribution in [3.05, 3.63) is 23.0 Å². The van der Waals surface area contributed by atoms with Gasteiger partial charge in [-0.2, -0.15) is 0 Å². The summed E-state index contributed by atoms with van der Waals surface area (Å²) in [4.78, 5) is 0. The average Bonchev–Trinajstić information content (AvgIpc) is 2.62. The van der Waals surface area contributed by atoms with Gasteiger partial charge in [-0.1, -0.05) is 20.8 Å². The Balaban J connectivity index is 2.32. The summed E-state index contributed by atoms with van der Waals surface area (Å²) in [5.74, 6) is 0.418. The van der Waals surface area contributed by atoms with Crippen LogP contribution >= 0.6 is 0 Å². The molecule has 114 valence electrons. The monoisotopic (exact) mass is 298 g/mol. The van der Waals surface area contributed by atoms with E-state index >= 15 is 0 Å². The Morgan fingerprint density at radius 2 is 2.10 bits per heavy atom. The lowest BCUT2D eigenvalue weighted by Gasteiger charge is -2.34. The van der Waals surface area contributed by atoms with E-state index < -0.39 is 9.84 Å². The molecule has 2 N–H and O–H groups in total. The van der Waals surface area contributed by atoms with Crippen LogP contribution in [0.1, 0.15) is 50.2 Å². The first-order valence-corrected chi connectivity index (χ1v) is 9.12. The van der Waals surface area contributed by atoms with Gasteiger partial charge in [0.15, 0.2) is 9.84 Å². The SMILES string of the molecule is CCS(=O)(=O)CCn1c(C)cc2c1CC(C)(C)CC2N. The van der Waals surface area contributed by atoms with E-state index in [9.17, 15) is 8.42 Å². The van der Waals surface area contributed by atoms with Gasteiger partial charge in [0.1, 0.15) is 0 Å². The second kappa shape index (κ2) is 5.19. The summed E-state index contributed by atoms with van der Waals surface area (Å²) < 4.78 is 25.6. The van der Waals surface area contributed by atoms with E-state index in [1.165, 1.54) is 11.3 Å². The highest BCUT2D eigenvalue weighted by Crippen LogP contribution is 2.40. The van der Waals surface area contributed by atoms with Crippen LogP contribution in [0, 0.1) is 12.3 Å². The Morgan fingerprint density at radius 3 is 2.70 bits per heavy atom. The highest BCUT2D eigenvalue weighted by molar-refractivity contribution is 7.91. The number of aromatic nitrogens is 1. The molecule has 1 aliphatic rings. The third-order valence-corrected chi connectivity index (χ3v) is 6.02. The lowest BCUT2D eigenvalue weighted by atomic mass is 9.74. The van der Waals surface area contributed by atoms with E-state index in [0.717, 1.165) is 18.5 Å². The minimum Gasteiger partial charge on any atom is -0.348 e. The lowest BCUT2D eigenvalue weighted by molar-refractivity contribution is 0.275. The zero-order valence-corrected chi connectivity index (χ0v) is 13.8. The van der Waals surface area contributed by atoms with Crippen LogP contribution < -0.4 is 5.73 Å². The topological polar surface area (TPSA) is 65.1 Å². The smallest absolute Gasteiger partial charge is 0.151 e. The summed E-state index contributed by atoms with van der Waals surface area (Å²) in [6, 6.07) is 2.20. The molecule has 0 aliphatic heterocycles. The second-order valence-corrected chi connectivity index (χ2v) is 9.20. The second-order valence-electron chi connectivity index (χ2n) is 6.73. The van der Waals surface area contributed by atoms with E-state index in [1.807, 2.05) is 6.92 Å². The first-order valence-electron chi connectivity index (χ1n) is 7.30. The molecule has 1 aromatic rings. The molecule has 2 rings (SSSR count). The van der Waals surface area contributed by atoms with Gasteiger partial charge in [0.2, 0.25) is 0 Å². The molecule has 0 aromatic carbocycles. The Hall–Kier alpha value is -0.810. The van der Waals surface area contributed by atoms with Crippen LogP contribution in [0.15, 0.2) is 6.07 Å². The molecule has 1 aliphatic carbocycles. The minimum atomic E-state index is -2.93. The maximum absolute atomic E-state index is 11.7. The molecule has 0 amide bonds. The van der Waals surface area contributed by atoms with Gasteiger partial charge in [-0.3, -0.25) is 0 Å². The average molecular weight is 298 g/mol. The van der Waals surface area contributed by atoms with E-state index in [2.05, 4.69) is 24.5 Å². The van der Waals surface area contributed by atoms with Crippen LogP contribution in [0.5, 0.6) is 0 Å². The molecular formula is C15H26N2O2S. The van der Waals surface area contributed by atoms with E-state index in [-0.39, 0.29) is 23.0 Å². The molecule has 1 unspecified atom stereocenters. The fourth-order valence-electron chi connectivity index (χ4n) is 3.19. The van der Waals surface area contributed by atoms with Gasteiger partial charge in [-0.15, -0.1) is 0 Å². The zero-order chi connectivity index (χ0) is 15.1. The number of hydrogen-bond donors (Lipinski definition) is 1. The number of nitrogens with zero attached hydrogens (tertiary/aromatic N) is 1. The highest BCUT2D eigenvalue weighted by Gasteiger charge is 2.33. The predicted octanol–water partition coefficient (Wildman–Crippen LogP) is 2.20. The summed E-state index contributed by atoms with van der Waals surface area (Å²) in [5.41, 5.74) is 10.0. The van der Waals surface area contributed by atoms with Crippen molar-refractivity contribution in [3.63, 3.8) is 0 Å². The van der Waals surface area contributed by atoms with Crippen LogP contribution in [0.3, 0.4) is 0 Å². The largest absolute Gasteiger partial charge is 0.348 e. The van der Waals surface area contributed by atoms with Crippen molar-refractivity contribution < 1.29 is 8.42 Å². The minimum absolute atomic E-state index is 0.0662. The van der Waals surface area contributed by atoms with E-state index in [0.29, 0.717) is 6.54 Å². The van der Waals surface area contributed by atoms with Crippen molar-refractivity contribution >= 4 is 9.84 Å². The number of sulfone groups is 1. The van der Waals surface area contributed by atoms with E-state index in [4.69, 9.17) is 5.73 Å². The Bertz CT molecular complexity index is 600. The summed E-state index contributed by atoms with van der Waals surface area (Å²) in [6.45, 7) is 8.74. The molecule has 0 radical (unpaired) electrons. The zero-order valence-electron chi connectivity index (χ0n) is 12.9. The maximum Gasteiger partial charge on any atom is 0.151 e. The van der Waals surface area contributed by atoms with Crippen LogP contribution in [0.4, 0.5) is 0 Å². The molecule has 0 spiro atoms. The lowest BCUT2D eigenvalue weighted by Crippen LogP contribution is -2.31. The molecule has 0 saturated heterocycles. The molecule has 20 heavy (non-hydrogen) atoms. The van der Waals surface area contributed by atoms with Crippen LogP contribution in [-0.4, -0.2) is 24.5 Å². The number of hydrogen-bond acceptors (Lipinski definition) is 3. The van der Waals surface area contributed by atoms with Gasteiger partial charge in [-0.05, 0) is 36.8 Å². The molecule has 0 fully saturated rings. The summed E-state index contributed by atoms with van der Waals surface area (Å²) in [6.07, 6.45) is 1.95. The van der Waals surface area contributed by atoms with Gasteiger partial charge in [0.25, 0.3) is 0 Å². The van der Waals surface area contributed by atoms with Gasteiger partial charge in [0.05, 0.1) is 5.75 Å².